The van der Waals surface area contributed by atoms with Crippen molar-refractivity contribution in [1.82, 2.24) is 15.0 Å². The van der Waals surface area contributed by atoms with Crippen LogP contribution in [0.1, 0.15) is 66.1 Å². The van der Waals surface area contributed by atoms with E-state index in [1.54, 1.807) is 0 Å². The van der Waals surface area contributed by atoms with Crippen LogP contribution in [0, 0.1) is 24.7 Å². The summed E-state index contributed by atoms with van der Waals surface area (Å²) in [7, 11) is 0. The molecule has 0 saturated heterocycles. The molecule has 1 aromatic heterocycles. The molecule has 0 amide bonds. The van der Waals surface area contributed by atoms with E-state index in [4.69, 9.17) is 0 Å². The number of aromatic nitrogens is 3. The lowest BCUT2D eigenvalue weighted by atomic mass is 9.70. The van der Waals surface area contributed by atoms with Gasteiger partial charge >= 0.3 is 0 Å². The van der Waals surface area contributed by atoms with Gasteiger partial charge in [0.25, 0.3) is 0 Å². The lowest BCUT2D eigenvalue weighted by Gasteiger charge is -2.46. The van der Waals surface area contributed by atoms with Gasteiger partial charge in [-0.2, -0.15) is 11.8 Å². The topological polar surface area (TPSA) is 50.9 Å². The molecular formula is C18H33N3OS. The number of hydrogen-bond acceptors (Lipinski definition) is 4. The van der Waals surface area contributed by atoms with Crippen LogP contribution in [-0.4, -0.2) is 36.2 Å². The number of aryl methyl sites for hydroxylation is 1. The smallest absolute Gasteiger partial charge is 0.0796 e. The van der Waals surface area contributed by atoms with Gasteiger partial charge in [0.2, 0.25) is 0 Å². The molecule has 0 radical (unpaired) electrons. The molecule has 0 aromatic carbocycles. The highest BCUT2D eigenvalue weighted by Crippen LogP contribution is 2.48. The van der Waals surface area contributed by atoms with Crippen LogP contribution in [0.4, 0.5) is 0 Å². The van der Waals surface area contributed by atoms with Gasteiger partial charge in [0.1, 0.15) is 0 Å². The van der Waals surface area contributed by atoms with E-state index in [2.05, 4.69) is 48.9 Å². The maximum Gasteiger partial charge on any atom is 0.0796 e. The molecule has 1 aliphatic carbocycles. The van der Waals surface area contributed by atoms with Gasteiger partial charge in [-0.25, -0.2) is 4.68 Å². The van der Waals surface area contributed by atoms with Gasteiger partial charge in [-0.15, -0.1) is 5.10 Å². The number of rotatable bonds is 5. The van der Waals surface area contributed by atoms with E-state index in [1.165, 1.54) is 12.8 Å². The Kier molecular flexibility index (Phi) is 5.83. The van der Waals surface area contributed by atoms with Crippen LogP contribution in [0.15, 0.2) is 6.20 Å². The second-order valence-corrected chi connectivity index (χ2v) is 9.51. The zero-order valence-corrected chi connectivity index (χ0v) is 16.5. The quantitative estimate of drug-likeness (QED) is 0.878. The molecule has 6 atom stereocenters. The Morgan fingerprint density at radius 3 is 2.52 bits per heavy atom. The molecule has 5 heteroatoms. The molecule has 1 fully saturated rings. The maximum atomic E-state index is 10.3. The van der Waals surface area contributed by atoms with Crippen molar-refractivity contribution in [3.05, 3.63) is 11.9 Å². The summed E-state index contributed by atoms with van der Waals surface area (Å²) in [4.78, 5) is 0. The molecular weight excluding hydrogens is 306 g/mol. The highest BCUT2D eigenvalue weighted by molar-refractivity contribution is 8.00. The molecule has 1 aromatic rings. The molecule has 0 spiro atoms. The maximum absolute atomic E-state index is 10.3. The van der Waals surface area contributed by atoms with E-state index >= 15 is 0 Å². The minimum absolute atomic E-state index is 0.221. The van der Waals surface area contributed by atoms with E-state index in [1.807, 2.05) is 32.5 Å². The van der Waals surface area contributed by atoms with E-state index in [0.717, 1.165) is 5.69 Å². The molecule has 23 heavy (non-hydrogen) atoms. The first kappa shape index (κ1) is 18.8. The average molecular weight is 340 g/mol. The van der Waals surface area contributed by atoms with Crippen molar-refractivity contribution >= 4 is 11.8 Å². The van der Waals surface area contributed by atoms with Crippen LogP contribution < -0.4 is 0 Å². The molecule has 132 valence electrons. The summed E-state index contributed by atoms with van der Waals surface area (Å²) in [6, 6.07) is 0.390. The Bertz CT molecular complexity index is 511. The fraction of sp³-hybridized carbons (Fsp3) is 0.889. The first-order chi connectivity index (χ1) is 10.6. The molecule has 1 unspecified atom stereocenters. The van der Waals surface area contributed by atoms with Crippen LogP contribution in [0.3, 0.4) is 0 Å². The van der Waals surface area contributed by atoms with E-state index < -0.39 is 5.60 Å². The second-order valence-electron chi connectivity index (χ2n) is 7.92. The van der Waals surface area contributed by atoms with Crippen molar-refractivity contribution in [2.45, 2.75) is 83.5 Å². The van der Waals surface area contributed by atoms with Gasteiger partial charge in [0.05, 0.1) is 17.3 Å². The van der Waals surface area contributed by atoms with E-state index in [9.17, 15) is 5.11 Å². The zero-order chi connectivity index (χ0) is 17.4. The van der Waals surface area contributed by atoms with Gasteiger partial charge in [-0.3, -0.25) is 0 Å². The Hall–Kier alpha value is -0.550. The fourth-order valence-electron chi connectivity index (χ4n) is 3.84. The van der Waals surface area contributed by atoms with Gasteiger partial charge in [-0.05, 0) is 44.9 Å². The van der Waals surface area contributed by atoms with Crippen molar-refractivity contribution in [3.63, 3.8) is 0 Å². The van der Waals surface area contributed by atoms with Gasteiger partial charge in [-0.1, -0.05) is 39.3 Å². The Morgan fingerprint density at radius 2 is 2.04 bits per heavy atom. The number of thioether (sulfide) groups is 1. The predicted octanol–water partition coefficient (Wildman–Crippen LogP) is 4.09. The van der Waals surface area contributed by atoms with Gasteiger partial charge in [0.15, 0.2) is 0 Å². The molecule has 4 nitrogen and oxygen atoms in total. The van der Waals surface area contributed by atoms with Crippen molar-refractivity contribution in [2.75, 3.05) is 0 Å². The zero-order valence-electron chi connectivity index (χ0n) is 15.7. The van der Waals surface area contributed by atoms with Gasteiger partial charge in [0, 0.05) is 16.7 Å². The largest absolute Gasteiger partial charge is 0.389 e. The third-order valence-electron chi connectivity index (χ3n) is 5.77. The molecule has 1 heterocycles. The van der Waals surface area contributed by atoms with Crippen LogP contribution in [0.5, 0.6) is 0 Å². The molecule has 1 aliphatic rings. The third-order valence-corrected chi connectivity index (χ3v) is 7.73. The fourth-order valence-corrected chi connectivity index (χ4v) is 5.47. The summed E-state index contributed by atoms with van der Waals surface area (Å²) in [5, 5.41) is 19.7. The SMILES string of the molecule is CC[C@H]1C[C@@H](SC(C)C(C)(C)O)[C@H](C)[C@@H](n2cc(C)nn2)[C@H]1C. The Morgan fingerprint density at radius 1 is 1.39 bits per heavy atom. The second kappa shape index (κ2) is 7.14. The Labute approximate surface area is 145 Å². The minimum atomic E-state index is -0.644. The van der Waals surface area contributed by atoms with E-state index in [0.29, 0.717) is 29.0 Å². The van der Waals surface area contributed by atoms with Crippen LogP contribution in [0.25, 0.3) is 0 Å². The molecule has 2 rings (SSSR count). The lowest BCUT2D eigenvalue weighted by Crippen LogP contribution is -2.43. The first-order valence-corrected chi connectivity index (χ1v) is 9.85. The van der Waals surface area contributed by atoms with Crippen LogP contribution >= 0.6 is 11.8 Å². The van der Waals surface area contributed by atoms with E-state index in [-0.39, 0.29) is 5.25 Å². The van der Waals surface area contributed by atoms with Crippen molar-refractivity contribution in [1.29, 1.82) is 0 Å². The normalized spacial score (nSPS) is 33.7. The summed E-state index contributed by atoms with van der Waals surface area (Å²) in [5.74, 6) is 1.82. The number of hydrogen-bond donors (Lipinski definition) is 1. The molecule has 0 bridgehead atoms. The third kappa shape index (κ3) is 4.11. The molecule has 0 aliphatic heterocycles. The summed E-state index contributed by atoms with van der Waals surface area (Å²) >= 11 is 1.95. The molecule has 1 saturated carbocycles. The van der Waals surface area contributed by atoms with Crippen molar-refractivity contribution in [3.8, 4) is 0 Å². The van der Waals surface area contributed by atoms with Crippen LogP contribution in [-0.2, 0) is 0 Å². The number of aliphatic hydroxyl groups is 1. The summed E-state index contributed by atoms with van der Waals surface area (Å²) in [6.45, 7) is 15.0. The van der Waals surface area contributed by atoms with Crippen molar-refractivity contribution in [2.24, 2.45) is 17.8 Å². The molecule has 1 N–H and O–H groups in total. The monoisotopic (exact) mass is 339 g/mol. The number of nitrogens with zero attached hydrogens (tertiary/aromatic N) is 3. The van der Waals surface area contributed by atoms with Crippen molar-refractivity contribution < 1.29 is 5.11 Å². The summed E-state index contributed by atoms with van der Waals surface area (Å²) < 4.78 is 2.09. The standard InChI is InChI=1S/C18H33N3OS/c1-8-15-9-16(23-14(5)18(6,7)22)13(4)17(12(15)3)21-10-11(2)19-20-21/h10,12-17,22H,8-9H2,1-7H3/t12-,13-,14?,15-,16+,17-/m0/s1. The summed E-state index contributed by atoms with van der Waals surface area (Å²) in [6.07, 6.45) is 4.51. The lowest BCUT2D eigenvalue weighted by molar-refractivity contribution is 0.0800. The average Bonchev–Trinajstić information content (AvgIpc) is 2.87. The first-order valence-electron chi connectivity index (χ1n) is 8.91. The minimum Gasteiger partial charge on any atom is -0.389 e. The highest BCUT2D eigenvalue weighted by atomic mass is 32.2. The Balaban J connectivity index is 2.24. The van der Waals surface area contributed by atoms with Gasteiger partial charge < -0.3 is 5.11 Å². The van der Waals surface area contributed by atoms with Crippen LogP contribution in [0.2, 0.25) is 0 Å². The highest BCUT2D eigenvalue weighted by Gasteiger charge is 2.43. The summed E-state index contributed by atoms with van der Waals surface area (Å²) in [5.41, 5.74) is 0.339. The predicted molar refractivity (Wildman–Crippen MR) is 97.7 cm³/mol.